The third kappa shape index (κ3) is 5.29. The smallest absolute Gasteiger partial charge is 0.251 e. The Morgan fingerprint density at radius 2 is 1.60 bits per heavy atom. The largest absolute Gasteiger partial charge is 0.381 e. The molecule has 3 aromatic rings. The number of thioether (sulfide) groups is 1. The monoisotopic (exact) mass is 486 g/mol. The van der Waals surface area contributed by atoms with Crippen molar-refractivity contribution in [3.05, 3.63) is 107 Å². The first-order valence-corrected chi connectivity index (χ1v) is 13.2. The van der Waals surface area contributed by atoms with Gasteiger partial charge in [-0.15, -0.1) is 11.8 Å². The van der Waals surface area contributed by atoms with Crippen LogP contribution in [0.25, 0.3) is 0 Å². The predicted molar refractivity (Wildman–Crippen MR) is 139 cm³/mol. The molecule has 6 heteroatoms. The number of carbonyl (C=O) groups is 2. The minimum Gasteiger partial charge on any atom is -0.381 e. The minimum atomic E-state index is -0.103. The minimum absolute atomic E-state index is 0.0385. The first kappa shape index (κ1) is 23.6. The lowest BCUT2D eigenvalue weighted by Gasteiger charge is -2.38. The van der Waals surface area contributed by atoms with Gasteiger partial charge in [-0.3, -0.25) is 9.59 Å². The number of nitrogens with one attached hydrogen (secondary N) is 1. The van der Waals surface area contributed by atoms with E-state index in [1.165, 1.54) is 5.56 Å². The molecule has 2 fully saturated rings. The lowest BCUT2D eigenvalue weighted by atomic mass is 9.74. The fraction of sp³-hybridized carbons (Fsp3) is 0.310. The maximum Gasteiger partial charge on any atom is 0.251 e. The lowest BCUT2D eigenvalue weighted by molar-refractivity contribution is -0.128. The molecule has 2 heterocycles. The van der Waals surface area contributed by atoms with E-state index in [0.717, 1.165) is 24.0 Å². The second kappa shape index (κ2) is 10.7. The molecule has 0 spiro atoms. The van der Waals surface area contributed by atoms with E-state index in [-0.39, 0.29) is 22.6 Å². The molecule has 1 atom stereocenters. The maximum absolute atomic E-state index is 13.0. The molecule has 0 bridgehead atoms. The van der Waals surface area contributed by atoms with Crippen LogP contribution in [0.15, 0.2) is 84.9 Å². The summed E-state index contributed by atoms with van der Waals surface area (Å²) in [6.07, 6.45) is 1.78. The van der Waals surface area contributed by atoms with Crippen LogP contribution in [-0.2, 0) is 21.5 Å². The van der Waals surface area contributed by atoms with E-state index in [4.69, 9.17) is 4.74 Å². The summed E-state index contributed by atoms with van der Waals surface area (Å²) in [5.74, 6) is 0.549. The Morgan fingerprint density at radius 1 is 0.943 bits per heavy atom. The van der Waals surface area contributed by atoms with E-state index < -0.39 is 0 Å². The van der Waals surface area contributed by atoms with Gasteiger partial charge in [0.15, 0.2) is 0 Å². The average Bonchev–Trinajstić information content (AvgIpc) is 3.28. The van der Waals surface area contributed by atoms with E-state index in [1.54, 1.807) is 11.8 Å². The lowest BCUT2D eigenvalue weighted by Crippen LogP contribution is -2.44. The molecule has 180 valence electrons. The van der Waals surface area contributed by atoms with Crippen LogP contribution in [-0.4, -0.2) is 42.2 Å². The molecule has 0 aliphatic carbocycles. The van der Waals surface area contributed by atoms with Gasteiger partial charge < -0.3 is 15.0 Å². The van der Waals surface area contributed by atoms with Gasteiger partial charge in [-0.1, -0.05) is 72.8 Å². The predicted octanol–water partition coefficient (Wildman–Crippen LogP) is 4.94. The molecule has 0 aromatic heterocycles. The van der Waals surface area contributed by atoms with Crippen molar-refractivity contribution in [2.75, 3.05) is 25.5 Å². The second-order valence-electron chi connectivity index (χ2n) is 9.23. The zero-order valence-corrected chi connectivity index (χ0v) is 20.5. The molecule has 0 radical (unpaired) electrons. The number of nitrogens with zero attached hydrogens (tertiary/aromatic N) is 1. The van der Waals surface area contributed by atoms with E-state index >= 15 is 0 Å². The number of rotatable bonds is 7. The quantitative estimate of drug-likeness (QED) is 0.514. The fourth-order valence-electron chi connectivity index (χ4n) is 4.95. The van der Waals surface area contributed by atoms with E-state index in [9.17, 15) is 9.59 Å². The molecule has 0 saturated carbocycles. The Morgan fingerprint density at radius 3 is 2.29 bits per heavy atom. The standard InChI is InChI=1S/C29H30N2O3S/c32-26-20-35-28(31(26)19-22-7-3-1-4-8-22)24-13-11-23(12-14-24)27(33)30-21-29(15-17-34-18-16-29)25-9-5-2-6-10-25/h1-14,28H,15-21H2,(H,30,33)/t28-/m0/s1. The molecule has 2 aliphatic rings. The Hall–Kier alpha value is -3.09. The number of hydrogen-bond donors (Lipinski definition) is 1. The van der Waals surface area contributed by atoms with Gasteiger partial charge in [-0.2, -0.15) is 0 Å². The van der Waals surface area contributed by atoms with Crippen LogP contribution >= 0.6 is 11.8 Å². The fourth-order valence-corrected chi connectivity index (χ4v) is 6.14. The summed E-state index contributed by atoms with van der Waals surface area (Å²) in [5, 5.41) is 3.14. The van der Waals surface area contributed by atoms with Gasteiger partial charge >= 0.3 is 0 Å². The van der Waals surface area contributed by atoms with Gasteiger partial charge in [0.1, 0.15) is 5.37 Å². The molecule has 2 amide bonds. The first-order chi connectivity index (χ1) is 17.1. The van der Waals surface area contributed by atoms with Crippen molar-refractivity contribution < 1.29 is 14.3 Å². The summed E-state index contributed by atoms with van der Waals surface area (Å²) in [5.41, 5.74) is 3.94. The molecule has 2 saturated heterocycles. The molecule has 0 unspecified atom stereocenters. The first-order valence-electron chi connectivity index (χ1n) is 12.1. The summed E-state index contributed by atoms with van der Waals surface area (Å²) < 4.78 is 5.61. The van der Waals surface area contributed by atoms with Gasteiger partial charge in [0, 0.05) is 37.3 Å². The highest BCUT2D eigenvalue weighted by atomic mass is 32.2. The third-order valence-corrected chi connectivity index (χ3v) is 8.30. The Kier molecular flexibility index (Phi) is 7.21. The van der Waals surface area contributed by atoms with Gasteiger partial charge in [0.2, 0.25) is 5.91 Å². The SMILES string of the molecule is O=C(NCC1(c2ccccc2)CCOCC1)c1ccc([C@@H]2SCC(=O)N2Cc2ccccc2)cc1. The van der Waals surface area contributed by atoms with Gasteiger partial charge in [0.05, 0.1) is 5.75 Å². The molecule has 5 rings (SSSR count). The number of hydrogen-bond acceptors (Lipinski definition) is 4. The van der Waals surface area contributed by atoms with Crippen molar-refractivity contribution in [1.29, 1.82) is 0 Å². The van der Waals surface area contributed by atoms with Crippen molar-refractivity contribution in [1.82, 2.24) is 10.2 Å². The number of amides is 2. The van der Waals surface area contributed by atoms with Crippen LogP contribution in [0.3, 0.4) is 0 Å². The Balaban J connectivity index is 1.26. The third-order valence-electron chi connectivity index (χ3n) is 7.05. The van der Waals surface area contributed by atoms with Gasteiger partial charge in [-0.25, -0.2) is 0 Å². The average molecular weight is 487 g/mol. The van der Waals surface area contributed by atoms with Crippen LogP contribution in [0.1, 0.15) is 45.3 Å². The summed E-state index contributed by atoms with van der Waals surface area (Å²) in [4.78, 5) is 27.5. The van der Waals surface area contributed by atoms with Crippen molar-refractivity contribution in [3.63, 3.8) is 0 Å². The van der Waals surface area contributed by atoms with Crippen LogP contribution in [0.4, 0.5) is 0 Å². The zero-order chi connectivity index (χ0) is 24.1. The summed E-state index contributed by atoms with van der Waals surface area (Å²) in [6.45, 7) is 2.58. The molecule has 5 nitrogen and oxygen atoms in total. The number of ether oxygens (including phenoxy) is 1. The highest BCUT2D eigenvalue weighted by molar-refractivity contribution is 8.00. The molecule has 35 heavy (non-hydrogen) atoms. The number of benzene rings is 3. The topological polar surface area (TPSA) is 58.6 Å². The van der Waals surface area contributed by atoms with Crippen molar-refractivity contribution in [2.45, 2.75) is 30.2 Å². The van der Waals surface area contributed by atoms with Crippen molar-refractivity contribution in [2.24, 2.45) is 0 Å². The molecule has 2 aliphatic heterocycles. The zero-order valence-electron chi connectivity index (χ0n) is 19.7. The van der Waals surface area contributed by atoms with Crippen LogP contribution in [0.2, 0.25) is 0 Å². The highest BCUT2D eigenvalue weighted by Crippen LogP contribution is 2.39. The van der Waals surface area contributed by atoms with Crippen LogP contribution in [0, 0.1) is 0 Å². The van der Waals surface area contributed by atoms with E-state index in [2.05, 4.69) is 29.6 Å². The van der Waals surface area contributed by atoms with Crippen molar-refractivity contribution >= 4 is 23.6 Å². The van der Waals surface area contributed by atoms with Gasteiger partial charge in [-0.05, 0) is 41.7 Å². The van der Waals surface area contributed by atoms with E-state index in [1.807, 2.05) is 65.6 Å². The van der Waals surface area contributed by atoms with E-state index in [0.29, 0.717) is 37.6 Å². The van der Waals surface area contributed by atoms with Crippen LogP contribution in [0.5, 0.6) is 0 Å². The molecule has 3 aromatic carbocycles. The highest BCUT2D eigenvalue weighted by Gasteiger charge is 2.35. The molecular formula is C29H30N2O3S. The van der Waals surface area contributed by atoms with Crippen molar-refractivity contribution in [3.8, 4) is 0 Å². The normalized spacial score (nSPS) is 19.5. The Bertz CT molecular complexity index is 1150. The Labute approximate surface area is 210 Å². The summed E-state index contributed by atoms with van der Waals surface area (Å²) in [6, 6.07) is 28.2. The summed E-state index contributed by atoms with van der Waals surface area (Å²) in [7, 11) is 0. The van der Waals surface area contributed by atoms with Gasteiger partial charge in [0.25, 0.3) is 5.91 Å². The maximum atomic E-state index is 13.0. The summed E-state index contributed by atoms with van der Waals surface area (Å²) >= 11 is 1.64. The van der Waals surface area contributed by atoms with Crippen LogP contribution < -0.4 is 5.32 Å². The second-order valence-corrected chi connectivity index (χ2v) is 10.3. The molecule has 1 N–H and O–H groups in total. The molecular weight excluding hydrogens is 456 g/mol. The number of carbonyl (C=O) groups excluding carboxylic acids is 2.